The van der Waals surface area contributed by atoms with Gasteiger partial charge in [-0.05, 0) is 23.8 Å². The van der Waals surface area contributed by atoms with Crippen molar-refractivity contribution >= 4 is 34.5 Å². The Morgan fingerprint density at radius 3 is 2.67 bits per heavy atom. The lowest BCUT2D eigenvalue weighted by Gasteiger charge is -2.13. The third-order valence-corrected chi connectivity index (χ3v) is 3.74. The van der Waals surface area contributed by atoms with Crippen LogP contribution in [0, 0.1) is 0 Å². The molecule has 1 aliphatic heterocycles. The fourth-order valence-corrected chi connectivity index (χ4v) is 2.61. The number of carbonyl (C=O) groups is 2. The van der Waals surface area contributed by atoms with Crippen LogP contribution < -0.4 is 16.4 Å². The lowest BCUT2D eigenvalue weighted by molar-refractivity contribution is -0.139. The van der Waals surface area contributed by atoms with Crippen LogP contribution in [-0.2, 0) is 14.3 Å². The third kappa shape index (κ3) is 2.94. The first-order valence-corrected chi connectivity index (χ1v) is 7.42. The lowest BCUT2D eigenvalue weighted by atomic mass is 10.00. The average molecular weight is 323 g/mol. The number of fused-ring (bicyclic) bond motifs is 1. The number of benzene rings is 2. The molecule has 0 fully saturated rings. The minimum atomic E-state index is -0.421. The van der Waals surface area contributed by atoms with Crippen LogP contribution >= 0.6 is 0 Å². The van der Waals surface area contributed by atoms with Crippen molar-refractivity contribution in [3.8, 4) is 0 Å². The average Bonchev–Trinajstić information content (AvgIpc) is 2.91. The molecule has 1 aliphatic rings. The van der Waals surface area contributed by atoms with Crippen molar-refractivity contribution in [1.29, 1.82) is 0 Å². The van der Waals surface area contributed by atoms with Crippen LogP contribution in [0.1, 0.15) is 11.1 Å². The van der Waals surface area contributed by atoms with E-state index in [4.69, 9.17) is 5.73 Å². The number of methoxy groups -OCH3 is 1. The maximum atomic E-state index is 12.5. The Morgan fingerprint density at radius 2 is 1.96 bits per heavy atom. The molecule has 0 unspecified atom stereocenters. The summed E-state index contributed by atoms with van der Waals surface area (Å²) in [4.78, 5) is 24.0. The van der Waals surface area contributed by atoms with E-state index in [-0.39, 0.29) is 12.5 Å². The van der Waals surface area contributed by atoms with E-state index in [2.05, 4.69) is 15.4 Å². The zero-order valence-corrected chi connectivity index (χ0v) is 13.1. The summed E-state index contributed by atoms with van der Waals surface area (Å²) in [5.74, 6) is -0.665. The Kier molecular flexibility index (Phi) is 4.20. The Bertz CT molecular complexity index is 829. The van der Waals surface area contributed by atoms with Crippen LogP contribution in [0.25, 0.3) is 11.3 Å². The normalized spacial score (nSPS) is 14.6. The molecule has 6 nitrogen and oxygen atoms in total. The van der Waals surface area contributed by atoms with Gasteiger partial charge in [0.25, 0.3) is 5.91 Å². The molecular formula is C18H17N3O3. The van der Waals surface area contributed by atoms with Gasteiger partial charge in [-0.1, -0.05) is 30.3 Å². The fraction of sp³-hybridized carbons (Fsp3) is 0.111. The molecule has 1 amide bonds. The smallest absolute Gasteiger partial charge is 0.325 e. The summed E-state index contributed by atoms with van der Waals surface area (Å²) >= 11 is 0. The van der Waals surface area contributed by atoms with Gasteiger partial charge in [-0.2, -0.15) is 0 Å². The molecule has 0 saturated carbocycles. The molecule has 1 heterocycles. The highest BCUT2D eigenvalue weighted by atomic mass is 16.5. The van der Waals surface area contributed by atoms with Crippen molar-refractivity contribution in [2.45, 2.75) is 0 Å². The molecular weight excluding hydrogens is 306 g/mol. The van der Waals surface area contributed by atoms with Crippen molar-refractivity contribution in [1.82, 2.24) is 5.32 Å². The number of ether oxygens (including phenoxy) is 1. The quantitative estimate of drug-likeness (QED) is 0.453. The van der Waals surface area contributed by atoms with Crippen LogP contribution in [0.2, 0.25) is 0 Å². The van der Waals surface area contributed by atoms with Gasteiger partial charge in [-0.15, -0.1) is 0 Å². The number of esters is 1. The predicted octanol–water partition coefficient (Wildman–Crippen LogP) is 1.85. The Morgan fingerprint density at radius 1 is 1.21 bits per heavy atom. The van der Waals surface area contributed by atoms with E-state index in [0.717, 1.165) is 5.56 Å². The maximum absolute atomic E-state index is 12.5. The van der Waals surface area contributed by atoms with Gasteiger partial charge >= 0.3 is 5.97 Å². The molecule has 3 rings (SSSR count). The van der Waals surface area contributed by atoms with Crippen molar-refractivity contribution in [2.75, 3.05) is 24.7 Å². The number of anilines is 2. The summed E-state index contributed by atoms with van der Waals surface area (Å²) in [5, 5.41) is 5.84. The first-order valence-electron chi connectivity index (χ1n) is 7.42. The van der Waals surface area contributed by atoms with E-state index < -0.39 is 5.97 Å². The van der Waals surface area contributed by atoms with Gasteiger partial charge in [-0.3, -0.25) is 9.59 Å². The van der Waals surface area contributed by atoms with Crippen molar-refractivity contribution in [3.05, 3.63) is 59.7 Å². The molecule has 0 aromatic heterocycles. The molecule has 24 heavy (non-hydrogen) atoms. The van der Waals surface area contributed by atoms with E-state index >= 15 is 0 Å². The SMILES string of the molecule is COC(=O)CN/C(=C1\C(=O)Nc2ccc(N)cc21)c1ccccc1. The number of amides is 1. The number of carbonyl (C=O) groups excluding carboxylic acids is 2. The molecule has 4 N–H and O–H groups in total. The van der Waals surface area contributed by atoms with Crippen LogP contribution in [0.5, 0.6) is 0 Å². The molecule has 6 heteroatoms. The Hall–Kier alpha value is -3.28. The first-order chi connectivity index (χ1) is 11.6. The number of nitrogens with two attached hydrogens (primary N) is 1. The molecule has 0 spiro atoms. The third-order valence-electron chi connectivity index (χ3n) is 3.74. The van der Waals surface area contributed by atoms with E-state index in [1.807, 2.05) is 30.3 Å². The van der Waals surface area contributed by atoms with Gasteiger partial charge < -0.3 is 21.1 Å². The van der Waals surface area contributed by atoms with Crippen molar-refractivity contribution < 1.29 is 14.3 Å². The van der Waals surface area contributed by atoms with E-state index in [0.29, 0.717) is 28.2 Å². The number of rotatable bonds is 4. The van der Waals surface area contributed by atoms with Gasteiger partial charge in [0.15, 0.2) is 0 Å². The fourth-order valence-electron chi connectivity index (χ4n) is 2.61. The molecule has 0 saturated heterocycles. The second kappa shape index (κ2) is 6.45. The lowest BCUT2D eigenvalue weighted by Crippen LogP contribution is -2.24. The zero-order chi connectivity index (χ0) is 17.1. The standard InChI is InChI=1S/C18H17N3O3/c1-24-15(22)10-20-17(11-5-3-2-4-6-11)16-13-9-12(19)7-8-14(13)21-18(16)23/h2-9,20H,10,19H2,1H3,(H,21,23)/b17-16-. The summed E-state index contributed by atoms with van der Waals surface area (Å²) in [5.41, 5.74) is 9.62. The highest BCUT2D eigenvalue weighted by Gasteiger charge is 2.28. The van der Waals surface area contributed by atoms with Gasteiger partial charge in [0.2, 0.25) is 0 Å². The summed E-state index contributed by atoms with van der Waals surface area (Å²) in [6, 6.07) is 14.6. The van der Waals surface area contributed by atoms with Gasteiger partial charge in [0.1, 0.15) is 6.54 Å². The summed E-state index contributed by atoms with van der Waals surface area (Å²) in [6.07, 6.45) is 0. The molecule has 2 aromatic rings. The zero-order valence-electron chi connectivity index (χ0n) is 13.1. The number of hydrogen-bond acceptors (Lipinski definition) is 5. The summed E-state index contributed by atoms with van der Waals surface area (Å²) < 4.78 is 4.67. The van der Waals surface area contributed by atoms with Crippen LogP contribution in [0.3, 0.4) is 0 Å². The minimum absolute atomic E-state index is 0.0465. The van der Waals surface area contributed by atoms with Crippen molar-refractivity contribution in [2.24, 2.45) is 0 Å². The predicted molar refractivity (Wildman–Crippen MR) is 92.8 cm³/mol. The molecule has 122 valence electrons. The highest BCUT2D eigenvalue weighted by molar-refractivity contribution is 6.36. The van der Waals surface area contributed by atoms with Crippen LogP contribution in [-0.4, -0.2) is 25.5 Å². The number of nitrogen functional groups attached to an aromatic ring is 1. The largest absolute Gasteiger partial charge is 0.468 e. The highest BCUT2D eigenvalue weighted by Crippen LogP contribution is 2.37. The maximum Gasteiger partial charge on any atom is 0.325 e. The van der Waals surface area contributed by atoms with Gasteiger partial charge in [0, 0.05) is 16.9 Å². The molecule has 0 atom stereocenters. The molecule has 2 aromatic carbocycles. The van der Waals surface area contributed by atoms with Crippen LogP contribution in [0.4, 0.5) is 11.4 Å². The topological polar surface area (TPSA) is 93.4 Å². The Balaban J connectivity index is 2.13. The number of nitrogens with one attached hydrogen (secondary N) is 2. The Labute approximate surface area is 139 Å². The summed E-state index contributed by atoms with van der Waals surface area (Å²) in [6.45, 7) is -0.0465. The molecule has 0 aliphatic carbocycles. The van der Waals surface area contributed by atoms with E-state index in [1.54, 1.807) is 18.2 Å². The van der Waals surface area contributed by atoms with Gasteiger partial charge in [0.05, 0.1) is 18.4 Å². The van der Waals surface area contributed by atoms with Crippen molar-refractivity contribution in [3.63, 3.8) is 0 Å². The van der Waals surface area contributed by atoms with E-state index in [1.165, 1.54) is 7.11 Å². The second-order valence-electron chi connectivity index (χ2n) is 5.30. The monoisotopic (exact) mass is 323 g/mol. The second-order valence-corrected chi connectivity index (χ2v) is 5.30. The van der Waals surface area contributed by atoms with Gasteiger partial charge in [-0.25, -0.2) is 0 Å². The number of hydrogen-bond donors (Lipinski definition) is 3. The molecule has 0 radical (unpaired) electrons. The van der Waals surface area contributed by atoms with Crippen LogP contribution in [0.15, 0.2) is 48.5 Å². The van der Waals surface area contributed by atoms with E-state index in [9.17, 15) is 9.59 Å². The summed E-state index contributed by atoms with van der Waals surface area (Å²) in [7, 11) is 1.32. The minimum Gasteiger partial charge on any atom is -0.468 e. The molecule has 0 bridgehead atoms. The first kappa shape index (κ1) is 15.6.